The monoisotopic (exact) mass is 285 g/mol. The molecule has 1 fully saturated rings. The van der Waals surface area contributed by atoms with Crippen LogP contribution in [0.3, 0.4) is 0 Å². The van der Waals surface area contributed by atoms with Gasteiger partial charge in [-0.25, -0.2) is 0 Å². The number of aryl methyl sites for hydroxylation is 3. The smallest absolute Gasteiger partial charge is 0.251 e. The van der Waals surface area contributed by atoms with E-state index in [4.69, 9.17) is 9.47 Å². The highest BCUT2D eigenvalue weighted by atomic mass is 16.5. The number of hydrogen-bond donors (Lipinski definition) is 0. The van der Waals surface area contributed by atoms with E-state index in [0.29, 0.717) is 13.2 Å². The van der Waals surface area contributed by atoms with E-state index >= 15 is 0 Å². The lowest BCUT2D eigenvalue weighted by molar-refractivity contribution is -0.0250. The van der Waals surface area contributed by atoms with Crippen molar-refractivity contribution < 1.29 is 9.47 Å². The largest absolute Gasteiger partial charge is 0.455 e. The molecule has 1 aliphatic rings. The zero-order valence-corrected chi connectivity index (χ0v) is 12.6. The second-order valence-corrected chi connectivity index (χ2v) is 5.58. The third-order valence-electron chi connectivity index (χ3n) is 3.87. The van der Waals surface area contributed by atoms with Crippen molar-refractivity contribution in [1.82, 2.24) is 4.57 Å². The van der Waals surface area contributed by atoms with Gasteiger partial charge < -0.3 is 14.0 Å². The zero-order chi connectivity index (χ0) is 15.0. The molecule has 2 aromatic rings. The fourth-order valence-electron chi connectivity index (χ4n) is 2.47. The topological polar surface area (TPSA) is 40.5 Å². The van der Waals surface area contributed by atoms with Crippen LogP contribution in [0.2, 0.25) is 0 Å². The van der Waals surface area contributed by atoms with Crippen LogP contribution in [-0.2, 0) is 4.74 Å². The highest BCUT2D eigenvalue weighted by molar-refractivity contribution is 5.44. The van der Waals surface area contributed by atoms with E-state index in [0.717, 1.165) is 28.2 Å². The molecule has 21 heavy (non-hydrogen) atoms. The number of nitrogens with zero attached hydrogens (tertiary/aromatic N) is 1. The summed E-state index contributed by atoms with van der Waals surface area (Å²) in [6.45, 7) is 7.12. The molecule has 0 amide bonds. The Kier molecular flexibility index (Phi) is 3.55. The Morgan fingerprint density at radius 3 is 2.38 bits per heavy atom. The number of pyridine rings is 1. The molecule has 110 valence electrons. The second-order valence-electron chi connectivity index (χ2n) is 5.58. The first kappa shape index (κ1) is 13.9. The van der Waals surface area contributed by atoms with Crippen molar-refractivity contribution in [2.24, 2.45) is 0 Å². The molecule has 1 aliphatic heterocycles. The lowest BCUT2D eigenvalue weighted by Gasteiger charge is -2.28. The molecular weight excluding hydrogens is 266 g/mol. The first-order chi connectivity index (χ1) is 10.1. The van der Waals surface area contributed by atoms with E-state index in [1.807, 2.05) is 39.0 Å². The normalized spacial score (nSPS) is 14.8. The van der Waals surface area contributed by atoms with Gasteiger partial charge in [0.25, 0.3) is 5.56 Å². The molecule has 0 aliphatic carbocycles. The third kappa shape index (κ3) is 2.59. The molecule has 1 saturated heterocycles. The molecular formula is C17H19NO3. The van der Waals surface area contributed by atoms with Gasteiger partial charge in [0.15, 0.2) is 0 Å². The Labute approximate surface area is 123 Å². The fourth-order valence-corrected chi connectivity index (χ4v) is 2.47. The van der Waals surface area contributed by atoms with Crippen LogP contribution in [0, 0.1) is 20.8 Å². The van der Waals surface area contributed by atoms with E-state index < -0.39 is 0 Å². The molecule has 0 spiro atoms. The van der Waals surface area contributed by atoms with E-state index in [1.54, 1.807) is 16.8 Å². The van der Waals surface area contributed by atoms with Gasteiger partial charge in [-0.1, -0.05) is 18.2 Å². The highest BCUT2D eigenvalue weighted by Gasteiger charge is 2.22. The summed E-state index contributed by atoms with van der Waals surface area (Å²) < 4.78 is 13.0. The predicted molar refractivity (Wildman–Crippen MR) is 81.3 cm³/mol. The summed E-state index contributed by atoms with van der Waals surface area (Å²) in [6.07, 6.45) is 1.80. The van der Waals surface area contributed by atoms with Crippen molar-refractivity contribution in [3.05, 3.63) is 57.5 Å². The van der Waals surface area contributed by atoms with E-state index in [-0.39, 0.29) is 11.6 Å². The van der Waals surface area contributed by atoms with Crippen molar-refractivity contribution in [2.75, 3.05) is 13.2 Å². The summed E-state index contributed by atoms with van der Waals surface area (Å²) in [5, 5.41) is 0. The van der Waals surface area contributed by atoms with Gasteiger partial charge in [-0.15, -0.1) is 0 Å². The maximum absolute atomic E-state index is 12.1. The number of rotatable bonds is 3. The van der Waals surface area contributed by atoms with Crippen LogP contribution in [0.1, 0.15) is 22.7 Å². The molecule has 0 saturated carbocycles. The van der Waals surface area contributed by atoms with Gasteiger partial charge >= 0.3 is 0 Å². The van der Waals surface area contributed by atoms with Gasteiger partial charge in [0.2, 0.25) is 0 Å². The van der Waals surface area contributed by atoms with Crippen molar-refractivity contribution in [1.29, 1.82) is 0 Å². The molecule has 4 nitrogen and oxygen atoms in total. The minimum Gasteiger partial charge on any atom is -0.455 e. The molecule has 0 bridgehead atoms. The van der Waals surface area contributed by atoms with E-state index in [2.05, 4.69) is 0 Å². The van der Waals surface area contributed by atoms with Crippen molar-refractivity contribution in [3.8, 4) is 11.5 Å². The molecule has 0 unspecified atom stereocenters. The van der Waals surface area contributed by atoms with Crippen LogP contribution in [0.15, 0.2) is 35.3 Å². The third-order valence-corrected chi connectivity index (χ3v) is 3.87. The van der Waals surface area contributed by atoms with Crippen LogP contribution in [0.25, 0.3) is 0 Å². The highest BCUT2D eigenvalue weighted by Crippen LogP contribution is 2.30. The van der Waals surface area contributed by atoms with Gasteiger partial charge in [-0.05, 0) is 37.5 Å². The van der Waals surface area contributed by atoms with Crippen molar-refractivity contribution >= 4 is 0 Å². The second kappa shape index (κ2) is 5.37. The SMILES string of the molecule is Cc1cc(=O)n(C2COC2)cc1Oc1c(C)cccc1C. The molecule has 0 atom stereocenters. The first-order valence-corrected chi connectivity index (χ1v) is 7.11. The number of aromatic nitrogens is 1. The quantitative estimate of drug-likeness (QED) is 0.870. The van der Waals surface area contributed by atoms with Gasteiger partial charge in [0.05, 0.1) is 25.5 Å². The Balaban J connectivity index is 2.00. The molecule has 0 N–H and O–H groups in total. The Morgan fingerprint density at radius 2 is 1.81 bits per heavy atom. The number of ether oxygens (including phenoxy) is 2. The maximum atomic E-state index is 12.1. The fraction of sp³-hybridized carbons (Fsp3) is 0.353. The average molecular weight is 285 g/mol. The molecule has 3 rings (SSSR count). The van der Waals surface area contributed by atoms with E-state index in [9.17, 15) is 4.79 Å². The number of hydrogen-bond acceptors (Lipinski definition) is 3. The Bertz CT molecular complexity index is 709. The molecule has 1 aromatic carbocycles. The molecule has 1 aromatic heterocycles. The zero-order valence-electron chi connectivity index (χ0n) is 12.6. The average Bonchev–Trinajstić information content (AvgIpc) is 2.36. The van der Waals surface area contributed by atoms with Crippen LogP contribution >= 0.6 is 0 Å². The first-order valence-electron chi connectivity index (χ1n) is 7.11. The molecule has 4 heteroatoms. The summed E-state index contributed by atoms with van der Waals surface area (Å²) in [7, 11) is 0. The van der Waals surface area contributed by atoms with E-state index in [1.165, 1.54) is 0 Å². The summed E-state index contributed by atoms with van der Waals surface area (Å²) in [5.74, 6) is 1.58. The number of para-hydroxylation sites is 1. The maximum Gasteiger partial charge on any atom is 0.251 e. The standard InChI is InChI=1S/C17H19NO3/c1-11-5-4-6-12(2)17(11)21-15-8-18(14-9-20-10-14)16(19)7-13(15)3/h4-8,14H,9-10H2,1-3H3. The molecule has 2 heterocycles. The van der Waals surface area contributed by atoms with Gasteiger partial charge in [-0.3, -0.25) is 4.79 Å². The Hall–Kier alpha value is -2.07. The summed E-state index contributed by atoms with van der Waals surface area (Å²) in [4.78, 5) is 12.1. The van der Waals surface area contributed by atoms with Gasteiger partial charge in [-0.2, -0.15) is 0 Å². The lowest BCUT2D eigenvalue weighted by atomic mass is 10.1. The van der Waals surface area contributed by atoms with Gasteiger partial charge in [0, 0.05) is 6.07 Å². The lowest BCUT2D eigenvalue weighted by Crippen LogP contribution is -2.37. The summed E-state index contributed by atoms with van der Waals surface area (Å²) in [6, 6.07) is 7.80. The van der Waals surface area contributed by atoms with Crippen LogP contribution in [0.4, 0.5) is 0 Å². The number of benzene rings is 1. The molecule has 0 radical (unpaired) electrons. The predicted octanol–water partition coefficient (Wildman–Crippen LogP) is 3.14. The minimum atomic E-state index is -0.00495. The van der Waals surface area contributed by atoms with Gasteiger partial charge in [0.1, 0.15) is 11.5 Å². The van der Waals surface area contributed by atoms with Crippen molar-refractivity contribution in [2.45, 2.75) is 26.8 Å². The summed E-state index contributed by atoms with van der Waals surface area (Å²) in [5.41, 5.74) is 3.01. The summed E-state index contributed by atoms with van der Waals surface area (Å²) >= 11 is 0. The minimum absolute atomic E-state index is 0.00495. The van der Waals surface area contributed by atoms with Crippen LogP contribution in [-0.4, -0.2) is 17.8 Å². The Morgan fingerprint density at radius 1 is 1.14 bits per heavy atom. The van der Waals surface area contributed by atoms with Crippen LogP contribution < -0.4 is 10.3 Å². The van der Waals surface area contributed by atoms with Crippen molar-refractivity contribution in [3.63, 3.8) is 0 Å². The van der Waals surface area contributed by atoms with Crippen LogP contribution in [0.5, 0.6) is 11.5 Å².